The Labute approximate surface area is 196 Å². The van der Waals surface area contributed by atoms with Gasteiger partial charge < -0.3 is 15.4 Å². The summed E-state index contributed by atoms with van der Waals surface area (Å²) in [7, 11) is -3.41. The second-order valence-electron chi connectivity index (χ2n) is 7.99. The van der Waals surface area contributed by atoms with Crippen LogP contribution in [0, 0.1) is 0 Å². The summed E-state index contributed by atoms with van der Waals surface area (Å²) < 4.78 is 33.3. The Morgan fingerprint density at radius 3 is 2.64 bits per heavy atom. The van der Waals surface area contributed by atoms with E-state index in [0.29, 0.717) is 48.1 Å². The van der Waals surface area contributed by atoms with Gasteiger partial charge in [0.15, 0.2) is 0 Å². The lowest BCUT2D eigenvalue weighted by atomic mass is 10.1. The monoisotopic (exact) mass is 484 g/mol. The molecule has 2 aromatic rings. The summed E-state index contributed by atoms with van der Waals surface area (Å²) >= 11 is 1.24. The van der Waals surface area contributed by atoms with Crippen molar-refractivity contribution in [3.05, 3.63) is 77.6 Å². The number of carbonyl (C=O) groups is 1. The third-order valence-corrected chi connectivity index (χ3v) is 9.05. The topological polar surface area (TPSA) is 91.0 Å². The highest BCUT2D eigenvalue weighted by Gasteiger charge is 2.30. The van der Waals surface area contributed by atoms with E-state index in [0.717, 1.165) is 11.1 Å². The van der Waals surface area contributed by atoms with E-state index >= 15 is 0 Å². The Bertz CT molecular complexity index is 1210. The molecule has 10 heteroatoms. The lowest BCUT2D eigenvalue weighted by molar-refractivity contribution is 0.135. The van der Waals surface area contributed by atoms with Crippen molar-refractivity contribution in [2.45, 2.75) is 23.2 Å². The number of ether oxygens (including phenoxy) is 1. The lowest BCUT2D eigenvalue weighted by Crippen LogP contribution is -2.41. The van der Waals surface area contributed by atoms with Crippen molar-refractivity contribution in [3.8, 4) is 5.75 Å². The highest BCUT2D eigenvalue weighted by molar-refractivity contribution is 7.91. The van der Waals surface area contributed by atoms with Crippen molar-refractivity contribution >= 4 is 33.1 Å². The van der Waals surface area contributed by atoms with Gasteiger partial charge in [0.1, 0.15) is 16.1 Å². The van der Waals surface area contributed by atoms with Crippen molar-refractivity contribution in [2.24, 2.45) is 0 Å². The number of piperidine rings is 1. The van der Waals surface area contributed by atoms with E-state index in [1.165, 1.54) is 15.6 Å². The molecule has 33 heavy (non-hydrogen) atoms. The molecule has 0 aliphatic carbocycles. The quantitative estimate of drug-likeness (QED) is 0.675. The predicted octanol–water partition coefficient (Wildman–Crippen LogP) is 3.71. The fraction of sp³-hybridized carbons (Fsp3) is 0.261. The Kier molecular flexibility index (Phi) is 5.96. The van der Waals surface area contributed by atoms with Crippen LogP contribution < -0.4 is 15.4 Å². The highest BCUT2D eigenvalue weighted by Crippen LogP contribution is 2.27. The normalized spacial score (nSPS) is 18.8. The molecule has 5 rings (SSSR count). The van der Waals surface area contributed by atoms with Gasteiger partial charge in [-0.25, -0.2) is 13.2 Å². The number of amides is 2. The number of hydrogen-bond acceptors (Lipinski definition) is 6. The van der Waals surface area contributed by atoms with Crippen LogP contribution in [0.2, 0.25) is 0 Å². The number of allylic oxidation sites excluding steroid dienone is 1. The van der Waals surface area contributed by atoms with Crippen LogP contribution in [0.15, 0.2) is 81.8 Å². The first-order valence-electron chi connectivity index (χ1n) is 10.7. The molecular weight excluding hydrogens is 460 g/mol. The molecule has 0 atom stereocenters. The Morgan fingerprint density at radius 2 is 1.94 bits per heavy atom. The van der Waals surface area contributed by atoms with E-state index in [9.17, 15) is 13.2 Å². The third-order valence-electron chi connectivity index (χ3n) is 5.78. The summed E-state index contributed by atoms with van der Waals surface area (Å²) in [6, 6.07) is 10.5. The van der Waals surface area contributed by atoms with Gasteiger partial charge in [0, 0.05) is 37.4 Å². The average molecular weight is 485 g/mol. The number of sulfonamides is 1. The predicted molar refractivity (Wildman–Crippen MR) is 127 cm³/mol. The smallest absolute Gasteiger partial charge is 0.326 e. The van der Waals surface area contributed by atoms with Gasteiger partial charge >= 0.3 is 6.03 Å². The van der Waals surface area contributed by atoms with Crippen LogP contribution in [0.25, 0.3) is 0 Å². The first-order valence-corrected chi connectivity index (χ1v) is 13.0. The molecule has 8 nitrogen and oxygen atoms in total. The van der Waals surface area contributed by atoms with Crippen molar-refractivity contribution in [3.63, 3.8) is 0 Å². The summed E-state index contributed by atoms with van der Waals surface area (Å²) in [5, 5.41) is 7.71. The van der Waals surface area contributed by atoms with Crippen LogP contribution in [-0.4, -0.2) is 49.4 Å². The number of fused-ring (bicyclic) bond motifs is 1. The van der Waals surface area contributed by atoms with Crippen molar-refractivity contribution < 1.29 is 17.9 Å². The minimum Gasteiger partial charge on any atom is -0.490 e. The number of nitrogens with zero attached hydrogens (tertiary/aromatic N) is 2. The number of nitrogens with one attached hydrogen (secondary N) is 2. The maximum Gasteiger partial charge on any atom is 0.326 e. The van der Waals surface area contributed by atoms with Crippen LogP contribution in [0.5, 0.6) is 5.75 Å². The van der Waals surface area contributed by atoms with Crippen LogP contribution in [-0.2, 0) is 10.0 Å². The Morgan fingerprint density at radius 1 is 1.15 bits per heavy atom. The van der Waals surface area contributed by atoms with Crippen LogP contribution >= 0.6 is 11.3 Å². The zero-order valence-corrected chi connectivity index (χ0v) is 19.4. The average Bonchev–Trinajstić information content (AvgIpc) is 3.51. The minimum atomic E-state index is -3.41. The molecule has 0 unspecified atom stereocenters. The van der Waals surface area contributed by atoms with Gasteiger partial charge in [-0.2, -0.15) is 4.31 Å². The molecule has 1 saturated heterocycles. The van der Waals surface area contributed by atoms with Crippen molar-refractivity contribution in [1.29, 1.82) is 0 Å². The van der Waals surface area contributed by atoms with E-state index in [1.807, 2.05) is 36.8 Å². The highest BCUT2D eigenvalue weighted by atomic mass is 32.2. The molecule has 3 aliphatic rings. The van der Waals surface area contributed by atoms with E-state index in [2.05, 4.69) is 10.6 Å². The van der Waals surface area contributed by atoms with Gasteiger partial charge in [-0.1, -0.05) is 6.07 Å². The Hall–Kier alpha value is -3.08. The molecule has 0 bridgehead atoms. The molecule has 172 valence electrons. The summed E-state index contributed by atoms with van der Waals surface area (Å²) in [6.45, 7) is 1.40. The van der Waals surface area contributed by atoms with Gasteiger partial charge in [0.05, 0.1) is 6.54 Å². The number of anilines is 1. The summed E-state index contributed by atoms with van der Waals surface area (Å²) in [5.74, 6) is 0.697. The standard InChI is InChI=1S/C23H24N4O4S2/c28-23(26-15-17-7-10-24-14-18(17)16-26)25-19-3-5-20(6-4-19)31-21-8-11-27(12-9-21)33(29,30)22-2-1-13-32-22/h1-7,10,13-15,21,24H,8-9,11-12,16H2,(H,25,28). The van der Waals surface area contributed by atoms with Crippen molar-refractivity contribution in [1.82, 2.24) is 14.5 Å². The van der Waals surface area contributed by atoms with E-state index in [4.69, 9.17) is 4.74 Å². The molecule has 3 aliphatic heterocycles. The molecule has 0 radical (unpaired) electrons. The van der Waals surface area contributed by atoms with Gasteiger partial charge in [-0.3, -0.25) is 4.90 Å². The summed E-state index contributed by atoms with van der Waals surface area (Å²) in [6.07, 6.45) is 8.72. The molecular formula is C23H24N4O4S2. The van der Waals surface area contributed by atoms with E-state index < -0.39 is 10.0 Å². The molecule has 4 heterocycles. The number of hydrogen-bond donors (Lipinski definition) is 2. The third kappa shape index (κ3) is 4.68. The second kappa shape index (κ2) is 9.05. The number of carbonyl (C=O) groups excluding carboxylic acids is 1. The fourth-order valence-corrected chi connectivity index (χ4v) is 6.61. The van der Waals surface area contributed by atoms with Crippen LogP contribution in [0.4, 0.5) is 10.5 Å². The molecule has 0 saturated carbocycles. The summed E-state index contributed by atoms with van der Waals surface area (Å²) in [5.41, 5.74) is 2.78. The zero-order chi connectivity index (χ0) is 22.8. The second-order valence-corrected chi connectivity index (χ2v) is 11.1. The lowest BCUT2D eigenvalue weighted by Gasteiger charge is -2.31. The Balaban J connectivity index is 1.12. The number of dihydropyridines is 1. The SMILES string of the molecule is O=C(Nc1ccc(OC2CCN(S(=O)(=O)c3cccs3)CC2)cc1)N1C=C2C=CNC=C2C1. The zero-order valence-electron chi connectivity index (χ0n) is 17.8. The van der Waals surface area contributed by atoms with Gasteiger partial charge in [-0.15, -0.1) is 11.3 Å². The van der Waals surface area contributed by atoms with Gasteiger partial charge in [-0.05, 0) is 65.8 Å². The van der Waals surface area contributed by atoms with Crippen molar-refractivity contribution in [2.75, 3.05) is 25.0 Å². The number of urea groups is 1. The number of rotatable bonds is 5. The maximum absolute atomic E-state index is 12.7. The molecule has 0 spiro atoms. The van der Waals surface area contributed by atoms with E-state index in [-0.39, 0.29) is 12.1 Å². The van der Waals surface area contributed by atoms with Crippen LogP contribution in [0.1, 0.15) is 12.8 Å². The largest absolute Gasteiger partial charge is 0.490 e. The fourth-order valence-electron chi connectivity index (χ4n) is 4.00. The maximum atomic E-state index is 12.7. The van der Waals surface area contributed by atoms with Crippen LogP contribution in [0.3, 0.4) is 0 Å². The minimum absolute atomic E-state index is 0.0465. The summed E-state index contributed by atoms with van der Waals surface area (Å²) in [4.78, 5) is 14.2. The molecule has 1 aromatic heterocycles. The van der Waals surface area contributed by atoms with Gasteiger partial charge in [0.25, 0.3) is 10.0 Å². The van der Waals surface area contributed by atoms with Gasteiger partial charge in [0.2, 0.25) is 0 Å². The van der Waals surface area contributed by atoms with E-state index in [1.54, 1.807) is 34.5 Å². The first-order chi connectivity index (χ1) is 16.0. The number of thiophene rings is 1. The molecule has 1 aromatic carbocycles. The molecule has 1 fully saturated rings. The molecule has 2 N–H and O–H groups in total. The molecule has 2 amide bonds. The first kappa shape index (κ1) is 21.7. The number of benzene rings is 1.